The van der Waals surface area contributed by atoms with Crippen LogP contribution in [0.2, 0.25) is 0 Å². The molecule has 0 aromatic carbocycles. The number of carbonyl (C=O) groups is 1. The van der Waals surface area contributed by atoms with E-state index in [9.17, 15) is 4.79 Å². The van der Waals surface area contributed by atoms with Crippen molar-refractivity contribution in [3.63, 3.8) is 0 Å². The van der Waals surface area contributed by atoms with Crippen LogP contribution in [0.5, 0.6) is 0 Å². The molecule has 2 fully saturated rings. The second-order valence-electron chi connectivity index (χ2n) is 6.35. The monoisotopic (exact) mass is 302 g/mol. The molecule has 0 radical (unpaired) electrons. The molecule has 1 heterocycles. The summed E-state index contributed by atoms with van der Waals surface area (Å²) in [4.78, 5) is 14.7. The third-order valence-corrected chi connectivity index (χ3v) is 4.93. The van der Waals surface area contributed by atoms with E-state index >= 15 is 0 Å². The van der Waals surface area contributed by atoms with E-state index in [2.05, 4.69) is 10.2 Å². The first-order valence-electron chi connectivity index (χ1n) is 8.24. The number of nitrogens with one attached hydrogen (secondary N) is 1. The van der Waals surface area contributed by atoms with Gasteiger partial charge in [-0.3, -0.25) is 4.79 Å². The Morgan fingerprint density at radius 2 is 1.65 bits per heavy atom. The summed E-state index contributed by atoms with van der Waals surface area (Å²) < 4.78 is 0. The quantitative estimate of drug-likeness (QED) is 0.809. The first-order valence-corrected chi connectivity index (χ1v) is 8.24. The number of rotatable bonds is 4. The highest BCUT2D eigenvalue weighted by Crippen LogP contribution is 2.27. The lowest BCUT2D eigenvalue weighted by Crippen LogP contribution is -2.42. The van der Waals surface area contributed by atoms with Crippen LogP contribution in [0.4, 0.5) is 0 Å². The Hall–Kier alpha value is -0.280. The highest BCUT2D eigenvalue weighted by molar-refractivity contribution is 5.85. The maximum Gasteiger partial charge on any atom is 0.225 e. The third-order valence-electron chi connectivity index (χ3n) is 4.93. The van der Waals surface area contributed by atoms with Gasteiger partial charge in [0, 0.05) is 19.0 Å². The van der Waals surface area contributed by atoms with E-state index in [1.165, 1.54) is 44.9 Å². The fourth-order valence-corrected chi connectivity index (χ4v) is 3.58. The van der Waals surface area contributed by atoms with Crippen molar-refractivity contribution in [3.8, 4) is 0 Å². The molecule has 1 saturated heterocycles. The van der Waals surface area contributed by atoms with Crippen molar-refractivity contribution in [2.45, 2.75) is 57.8 Å². The van der Waals surface area contributed by atoms with Gasteiger partial charge < -0.3 is 10.2 Å². The van der Waals surface area contributed by atoms with Gasteiger partial charge in [0.1, 0.15) is 0 Å². The number of nitrogens with zero attached hydrogens (tertiary/aromatic N) is 1. The van der Waals surface area contributed by atoms with Crippen molar-refractivity contribution in [2.75, 3.05) is 26.7 Å². The van der Waals surface area contributed by atoms with Gasteiger partial charge in [-0.2, -0.15) is 0 Å². The molecule has 1 N–H and O–H groups in total. The highest BCUT2D eigenvalue weighted by Gasteiger charge is 2.28. The number of carbonyl (C=O) groups excluding carboxylic acids is 1. The van der Waals surface area contributed by atoms with E-state index < -0.39 is 0 Å². The Balaban J connectivity index is 0.00000200. The summed E-state index contributed by atoms with van der Waals surface area (Å²) in [6, 6.07) is 0. The molecule has 0 spiro atoms. The van der Waals surface area contributed by atoms with Gasteiger partial charge in [0.05, 0.1) is 0 Å². The molecule has 1 saturated carbocycles. The standard InChI is InChI=1S/C16H30N2O.ClH/c1-17-11-8-14-9-12-18(13-10-14)16(19)15-6-4-2-3-5-7-15;/h14-15,17H,2-13H2,1H3;1H. The van der Waals surface area contributed by atoms with Crippen molar-refractivity contribution in [1.82, 2.24) is 10.2 Å². The predicted molar refractivity (Wildman–Crippen MR) is 86.3 cm³/mol. The SMILES string of the molecule is CNCCC1CCN(C(=O)C2CCCCCC2)CC1.Cl. The summed E-state index contributed by atoms with van der Waals surface area (Å²) >= 11 is 0. The maximum atomic E-state index is 12.5. The van der Waals surface area contributed by atoms with Gasteiger partial charge in [-0.1, -0.05) is 25.7 Å². The summed E-state index contributed by atoms with van der Waals surface area (Å²) in [6.45, 7) is 3.12. The Labute approximate surface area is 130 Å². The smallest absolute Gasteiger partial charge is 0.225 e. The molecule has 0 aromatic rings. The maximum absolute atomic E-state index is 12.5. The molecule has 2 rings (SSSR count). The largest absolute Gasteiger partial charge is 0.342 e. The van der Waals surface area contributed by atoms with E-state index in [1.807, 2.05) is 7.05 Å². The number of hydrogen-bond acceptors (Lipinski definition) is 2. The summed E-state index contributed by atoms with van der Waals surface area (Å²) in [7, 11) is 2.02. The van der Waals surface area contributed by atoms with E-state index in [-0.39, 0.29) is 12.4 Å². The average molecular weight is 303 g/mol. The lowest BCUT2D eigenvalue weighted by Gasteiger charge is -2.34. The van der Waals surface area contributed by atoms with E-state index in [0.717, 1.165) is 38.4 Å². The summed E-state index contributed by atoms with van der Waals surface area (Å²) in [5, 5.41) is 3.23. The van der Waals surface area contributed by atoms with Crippen molar-refractivity contribution < 1.29 is 4.79 Å². The van der Waals surface area contributed by atoms with Gasteiger partial charge in [-0.05, 0) is 51.6 Å². The van der Waals surface area contributed by atoms with Gasteiger partial charge in [0.25, 0.3) is 0 Å². The average Bonchev–Trinajstić information content (AvgIpc) is 2.74. The molecule has 1 aliphatic carbocycles. The normalized spacial score (nSPS) is 22.1. The van der Waals surface area contributed by atoms with Crippen molar-refractivity contribution in [2.24, 2.45) is 11.8 Å². The topological polar surface area (TPSA) is 32.3 Å². The molecule has 2 aliphatic rings. The van der Waals surface area contributed by atoms with Gasteiger partial charge in [-0.15, -0.1) is 12.4 Å². The highest BCUT2D eigenvalue weighted by atomic mass is 35.5. The Morgan fingerprint density at radius 1 is 1.05 bits per heavy atom. The van der Waals surface area contributed by atoms with Gasteiger partial charge in [0.15, 0.2) is 0 Å². The molecule has 0 aromatic heterocycles. The Bertz CT molecular complexity index is 270. The van der Waals surface area contributed by atoms with E-state index in [4.69, 9.17) is 0 Å². The number of amides is 1. The zero-order valence-electron chi connectivity index (χ0n) is 12.9. The molecular formula is C16H31ClN2O. The molecular weight excluding hydrogens is 272 g/mol. The summed E-state index contributed by atoms with van der Waals surface area (Å²) in [5.41, 5.74) is 0. The molecule has 118 valence electrons. The van der Waals surface area contributed by atoms with Crippen LogP contribution < -0.4 is 5.32 Å². The predicted octanol–water partition coefficient (Wildman–Crippen LogP) is 3.23. The van der Waals surface area contributed by atoms with Crippen LogP contribution in [-0.2, 0) is 4.79 Å². The van der Waals surface area contributed by atoms with Crippen molar-refractivity contribution in [1.29, 1.82) is 0 Å². The summed E-state index contributed by atoms with van der Waals surface area (Å²) in [5.74, 6) is 1.64. The van der Waals surface area contributed by atoms with Crippen LogP contribution in [0.1, 0.15) is 57.8 Å². The fraction of sp³-hybridized carbons (Fsp3) is 0.938. The number of piperidine rings is 1. The van der Waals surface area contributed by atoms with Gasteiger partial charge in [-0.25, -0.2) is 0 Å². The van der Waals surface area contributed by atoms with Gasteiger partial charge >= 0.3 is 0 Å². The number of halogens is 1. The van der Waals surface area contributed by atoms with E-state index in [1.54, 1.807) is 0 Å². The molecule has 4 heteroatoms. The second-order valence-corrected chi connectivity index (χ2v) is 6.35. The Morgan fingerprint density at radius 3 is 2.20 bits per heavy atom. The van der Waals surface area contributed by atoms with Crippen LogP contribution >= 0.6 is 12.4 Å². The van der Waals surface area contributed by atoms with Crippen molar-refractivity contribution >= 4 is 18.3 Å². The minimum absolute atomic E-state index is 0. The first-order chi connectivity index (χ1) is 9.31. The molecule has 1 amide bonds. The minimum atomic E-state index is 0. The van der Waals surface area contributed by atoms with Gasteiger partial charge in [0.2, 0.25) is 5.91 Å². The lowest BCUT2D eigenvalue weighted by molar-refractivity contribution is -0.137. The van der Waals surface area contributed by atoms with Crippen LogP contribution in [0.25, 0.3) is 0 Å². The molecule has 1 aliphatic heterocycles. The lowest BCUT2D eigenvalue weighted by atomic mass is 9.91. The van der Waals surface area contributed by atoms with E-state index in [0.29, 0.717) is 11.8 Å². The molecule has 0 atom stereocenters. The molecule has 0 unspecified atom stereocenters. The fourth-order valence-electron chi connectivity index (χ4n) is 3.58. The van der Waals surface area contributed by atoms with Crippen LogP contribution in [0.15, 0.2) is 0 Å². The van der Waals surface area contributed by atoms with Crippen molar-refractivity contribution in [3.05, 3.63) is 0 Å². The molecule has 3 nitrogen and oxygen atoms in total. The van der Waals surface area contributed by atoms with Crippen LogP contribution in [0.3, 0.4) is 0 Å². The Kier molecular flexibility index (Phi) is 8.55. The summed E-state index contributed by atoms with van der Waals surface area (Å²) in [6.07, 6.45) is 11.1. The number of hydrogen-bond donors (Lipinski definition) is 1. The zero-order valence-corrected chi connectivity index (χ0v) is 13.7. The molecule has 0 bridgehead atoms. The number of likely N-dealkylation sites (tertiary alicyclic amines) is 1. The molecule has 20 heavy (non-hydrogen) atoms. The van der Waals surface area contributed by atoms with Crippen LogP contribution in [-0.4, -0.2) is 37.5 Å². The zero-order chi connectivity index (χ0) is 13.5. The minimum Gasteiger partial charge on any atom is -0.342 e. The second kappa shape index (κ2) is 9.62. The first kappa shape index (κ1) is 17.8. The van der Waals surface area contributed by atoms with Crippen LogP contribution in [0, 0.1) is 11.8 Å². The third kappa shape index (κ3) is 5.25.